The van der Waals surface area contributed by atoms with Gasteiger partial charge in [-0.3, -0.25) is 4.79 Å². The topological polar surface area (TPSA) is 97.5 Å². The van der Waals surface area contributed by atoms with Crippen LogP contribution in [0.4, 0.5) is 0 Å². The van der Waals surface area contributed by atoms with Crippen LogP contribution in [-0.2, 0) is 21.2 Å². The average Bonchev–Trinajstić information content (AvgIpc) is 2.09. The van der Waals surface area contributed by atoms with Crippen molar-refractivity contribution in [1.82, 2.24) is 0 Å². The molecule has 0 bridgehead atoms. The van der Waals surface area contributed by atoms with E-state index in [2.05, 4.69) is 0 Å². The summed E-state index contributed by atoms with van der Waals surface area (Å²) < 4.78 is 22.3. The summed E-state index contributed by atoms with van der Waals surface area (Å²) in [6.07, 6.45) is -0.122. The molecular weight excluding hydrogens is 230 g/mol. The van der Waals surface area contributed by atoms with E-state index in [-0.39, 0.29) is 11.3 Å². The molecule has 0 saturated carbocycles. The average molecular weight is 243 g/mol. The molecule has 16 heavy (non-hydrogen) atoms. The molecule has 0 spiro atoms. The van der Waals surface area contributed by atoms with Gasteiger partial charge in [0, 0.05) is 0 Å². The fraction of sp³-hybridized carbons (Fsp3) is 0.300. The summed E-state index contributed by atoms with van der Waals surface area (Å²) >= 11 is 0. The van der Waals surface area contributed by atoms with E-state index in [9.17, 15) is 13.2 Å². The lowest BCUT2D eigenvalue weighted by Gasteiger charge is -2.09. The summed E-state index contributed by atoms with van der Waals surface area (Å²) in [7, 11) is -3.74. The van der Waals surface area contributed by atoms with Gasteiger partial charge in [-0.1, -0.05) is 0 Å². The van der Waals surface area contributed by atoms with Crippen LogP contribution in [0, 0.1) is 13.8 Å². The Morgan fingerprint density at radius 2 is 1.75 bits per heavy atom. The molecule has 0 aliphatic heterocycles. The third kappa shape index (κ3) is 2.80. The molecule has 88 valence electrons. The first-order valence-electron chi connectivity index (χ1n) is 4.56. The van der Waals surface area contributed by atoms with Crippen molar-refractivity contribution in [3.8, 4) is 0 Å². The number of hydrogen-bond donors (Lipinski definition) is 2. The van der Waals surface area contributed by atoms with Crippen molar-refractivity contribution in [2.75, 3.05) is 0 Å². The molecule has 0 unspecified atom stereocenters. The van der Waals surface area contributed by atoms with Crippen LogP contribution in [0.2, 0.25) is 0 Å². The Labute approximate surface area is 93.9 Å². The first kappa shape index (κ1) is 12.7. The number of carboxylic acid groups (broad SMARTS) is 1. The molecule has 1 aromatic carbocycles. The number of sulfonamides is 1. The maximum atomic E-state index is 11.1. The summed E-state index contributed by atoms with van der Waals surface area (Å²) in [6, 6.07) is 2.78. The molecule has 0 radical (unpaired) electrons. The molecule has 0 fully saturated rings. The van der Waals surface area contributed by atoms with E-state index in [0.29, 0.717) is 16.7 Å². The number of primary sulfonamides is 1. The van der Waals surface area contributed by atoms with Crippen molar-refractivity contribution in [3.05, 3.63) is 28.8 Å². The quantitative estimate of drug-likeness (QED) is 0.811. The van der Waals surface area contributed by atoms with Crippen LogP contribution in [0.15, 0.2) is 17.0 Å². The Balaban J connectivity index is 3.34. The van der Waals surface area contributed by atoms with E-state index >= 15 is 0 Å². The smallest absolute Gasteiger partial charge is 0.307 e. The second-order valence-corrected chi connectivity index (χ2v) is 5.21. The minimum Gasteiger partial charge on any atom is -0.481 e. The van der Waals surface area contributed by atoms with Gasteiger partial charge in [0.1, 0.15) is 0 Å². The van der Waals surface area contributed by atoms with Crippen LogP contribution in [0.3, 0.4) is 0 Å². The predicted molar refractivity (Wildman–Crippen MR) is 58.6 cm³/mol. The molecule has 5 nitrogen and oxygen atoms in total. The van der Waals surface area contributed by atoms with Gasteiger partial charge in [-0.05, 0) is 42.7 Å². The monoisotopic (exact) mass is 243 g/mol. The zero-order chi connectivity index (χ0) is 12.5. The van der Waals surface area contributed by atoms with Gasteiger partial charge < -0.3 is 5.11 Å². The fourth-order valence-electron chi connectivity index (χ4n) is 1.55. The molecular formula is C10H13NO4S. The van der Waals surface area contributed by atoms with Crippen molar-refractivity contribution < 1.29 is 18.3 Å². The van der Waals surface area contributed by atoms with E-state index in [1.54, 1.807) is 13.8 Å². The number of aryl methyl sites for hydroxylation is 2. The molecule has 0 atom stereocenters. The number of nitrogens with two attached hydrogens (primary N) is 1. The van der Waals surface area contributed by atoms with Gasteiger partial charge in [0.2, 0.25) is 10.0 Å². The molecule has 3 N–H and O–H groups in total. The summed E-state index contributed by atoms with van der Waals surface area (Å²) in [6.45, 7) is 3.33. The van der Waals surface area contributed by atoms with Crippen LogP contribution in [0.5, 0.6) is 0 Å². The number of benzene rings is 1. The highest BCUT2D eigenvalue weighted by molar-refractivity contribution is 7.89. The van der Waals surface area contributed by atoms with Crippen molar-refractivity contribution in [1.29, 1.82) is 0 Å². The number of rotatable bonds is 3. The van der Waals surface area contributed by atoms with Crippen LogP contribution in [0.1, 0.15) is 16.7 Å². The molecule has 0 aliphatic carbocycles. The van der Waals surface area contributed by atoms with Gasteiger partial charge in [0.15, 0.2) is 0 Å². The van der Waals surface area contributed by atoms with Crippen LogP contribution < -0.4 is 5.14 Å². The number of aliphatic carboxylic acids is 1. The molecule has 0 aromatic heterocycles. The summed E-state index contributed by atoms with van der Waals surface area (Å²) in [5, 5.41) is 13.7. The highest BCUT2D eigenvalue weighted by atomic mass is 32.2. The Morgan fingerprint density at radius 1 is 1.31 bits per heavy atom. The van der Waals surface area contributed by atoms with E-state index in [4.69, 9.17) is 10.2 Å². The highest BCUT2D eigenvalue weighted by Gasteiger charge is 2.14. The van der Waals surface area contributed by atoms with Crippen LogP contribution >= 0.6 is 0 Å². The van der Waals surface area contributed by atoms with Crippen molar-refractivity contribution >= 4 is 16.0 Å². The zero-order valence-electron chi connectivity index (χ0n) is 9.02. The molecule has 0 amide bonds. The Bertz CT molecular complexity index is 511. The number of hydrogen-bond acceptors (Lipinski definition) is 3. The second-order valence-electron chi connectivity index (χ2n) is 3.65. The number of carbonyl (C=O) groups is 1. The summed E-state index contributed by atoms with van der Waals surface area (Å²) in [5.41, 5.74) is 1.86. The van der Waals surface area contributed by atoms with Crippen molar-refractivity contribution in [2.45, 2.75) is 25.2 Å². The second kappa shape index (κ2) is 4.23. The molecule has 0 saturated heterocycles. The van der Waals surface area contributed by atoms with E-state index in [1.807, 2.05) is 0 Å². The third-order valence-corrected chi connectivity index (χ3v) is 3.22. The molecule has 1 aromatic rings. The van der Waals surface area contributed by atoms with Gasteiger partial charge in [0.25, 0.3) is 0 Å². The maximum Gasteiger partial charge on any atom is 0.307 e. The molecule has 1 rings (SSSR count). The third-order valence-electron chi connectivity index (χ3n) is 2.33. The van der Waals surface area contributed by atoms with Gasteiger partial charge in [-0.2, -0.15) is 0 Å². The Morgan fingerprint density at radius 3 is 2.06 bits per heavy atom. The van der Waals surface area contributed by atoms with Gasteiger partial charge in [-0.25, -0.2) is 13.6 Å². The van der Waals surface area contributed by atoms with Crippen molar-refractivity contribution in [3.63, 3.8) is 0 Å². The van der Waals surface area contributed by atoms with Crippen molar-refractivity contribution in [2.24, 2.45) is 5.14 Å². The normalized spacial score (nSPS) is 11.4. The lowest BCUT2D eigenvalue weighted by molar-refractivity contribution is -0.136. The van der Waals surface area contributed by atoms with E-state index < -0.39 is 16.0 Å². The first-order chi connectivity index (χ1) is 7.21. The first-order valence-corrected chi connectivity index (χ1v) is 6.11. The van der Waals surface area contributed by atoms with Gasteiger partial charge in [-0.15, -0.1) is 0 Å². The standard InChI is InChI=1S/C10H13NO4S/c1-6-3-8(16(11,14)15)4-7(2)9(6)5-10(12)13/h3-4H,5H2,1-2H3,(H,12,13)(H2,11,14,15). The fourth-order valence-corrected chi connectivity index (χ4v) is 2.23. The van der Waals surface area contributed by atoms with Crippen LogP contribution in [0.25, 0.3) is 0 Å². The minimum absolute atomic E-state index is 0.0108. The Hall–Kier alpha value is -1.40. The molecule has 6 heteroatoms. The van der Waals surface area contributed by atoms with Gasteiger partial charge >= 0.3 is 5.97 Å². The lowest BCUT2D eigenvalue weighted by atomic mass is 10.0. The Kier molecular flexibility index (Phi) is 3.35. The highest BCUT2D eigenvalue weighted by Crippen LogP contribution is 2.19. The molecule has 0 heterocycles. The van der Waals surface area contributed by atoms with Crippen LogP contribution in [-0.4, -0.2) is 19.5 Å². The maximum absolute atomic E-state index is 11.1. The summed E-state index contributed by atoms with van der Waals surface area (Å²) in [4.78, 5) is 10.6. The van der Waals surface area contributed by atoms with E-state index in [0.717, 1.165) is 0 Å². The zero-order valence-corrected chi connectivity index (χ0v) is 9.84. The SMILES string of the molecule is Cc1cc(S(N)(=O)=O)cc(C)c1CC(=O)O. The lowest BCUT2D eigenvalue weighted by Crippen LogP contribution is -2.14. The minimum atomic E-state index is -3.74. The largest absolute Gasteiger partial charge is 0.481 e. The number of carboxylic acids is 1. The predicted octanol–water partition coefficient (Wildman–Crippen LogP) is 0.578. The summed E-state index contributed by atoms with van der Waals surface area (Å²) in [5.74, 6) is -0.949. The molecule has 0 aliphatic rings. The van der Waals surface area contributed by atoms with E-state index in [1.165, 1.54) is 12.1 Å². The van der Waals surface area contributed by atoms with Gasteiger partial charge in [0.05, 0.1) is 11.3 Å².